The summed E-state index contributed by atoms with van der Waals surface area (Å²) in [6.07, 6.45) is 0.624. The van der Waals surface area contributed by atoms with E-state index >= 15 is 0 Å². The summed E-state index contributed by atoms with van der Waals surface area (Å²) >= 11 is 0. The van der Waals surface area contributed by atoms with Crippen molar-refractivity contribution < 1.29 is 38.9 Å². The lowest BCUT2D eigenvalue weighted by molar-refractivity contribution is -0.149. The van der Waals surface area contributed by atoms with Gasteiger partial charge in [0.25, 0.3) is 0 Å². The standard InChI is InChI=1S/C9H15O8P/c10-8(11)6(4-5-2-1-3-17-5)7(9(12)13)18(14,15)16/h5-7H,1-4H2,(H,10,11)(H,12,13)(H2,14,15,16). The van der Waals surface area contributed by atoms with Crippen molar-refractivity contribution in [1.29, 1.82) is 0 Å². The molecule has 1 fully saturated rings. The maximum Gasteiger partial charge on any atom is 0.340 e. The summed E-state index contributed by atoms with van der Waals surface area (Å²) in [5.41, 5.74) is -2.24. The molecule has 4 N–H and O–H groups in total. The molecule has 0 radical (unpaired) electrons. The molecule has 1 rings (SSSR count). The van der Waals surface area contributed by atoms with E-state index in [2.05, 4.69) is 0 Å². The van der Waals surface area contributed by atoms with Crippen LogP contribution < -0.4 is 0 Å². The minimum atomic E-state index is -5.03. The lowest BCUT2D eigenvalue weighted by Crippen LogP contribution is -2.37. The minimum absolute atomic E-state index is 0.211. The molecule has 1 saturated heterocycles. The number of rotatable bonds is 6. The molecule has 3 atom stereocenters. The van der Waals surface area contributed by atoms with Gasteiger partial charge in [-0.15, -0.1) is 0 Å². The number of carboxylic acids is 2. The van der Waals surface area contributed by atoms with Crippen molar-refractivity contribution in [3.8, 4) is 0 Å². The van der Waals surface area contributed by atoms with Crippen molar-refractivity contribution >= 4 is 19.5 Å². The van der Waals surface area contributed by atoms with Gasteiger partial charge in [-0.3, -0.25) is 14.2 Å². The molecule has 0 saturated carbocycles. The highest BCUT2D eigenvalue weighted by Gasteiger charge is 2.47. The zero-order chi connectivity index (χ0) is 13.9. The molecule has 1 aliphatic heterocycles. The average Bonchev–Trinajstić information content (AvgIpc) is 2.66. The Morgan fingerprint density at radius 2 is 1.89 bits per heavy atom. The molecule has 1 heterocycles. The van der Waals surface area contributed by atoms with Gasteiger partial charge in [0.05, 0.1) is 12.0 Å². The Morgan fingerprint density at radius 3 is 2.22 bits per heavy atom. The first kappa shape index (κ1) is 15.1. The van der Waals surface area contributed by atoms with E-state index in [4.69, 9.17) is 24.7 Å². The molecule has 0 aliphatic carbocycles. The lowest BCUT2D eigenvalue weighted by atomic mass is 9.96. The molecule has 1 aliphatic rings. The third kappa shape index (κ3) is 3.78. The third-order valence-electron chi connectivity index (χ3n) is 2.85. The topological polar surface area (TPSA) is 141 Å². The van der Waals surface area contributed by atoms with E-state index in [1.54, 1.807) is 0 Å². The summed E-state index contributed by atoms with van der Waals surface area (Å²) in [6.45, 7) is 0.449. The summed E-state index contributed by atoms with van der Waals surface area (Å²) in [5, 5.41) is 17.8. The summed E-state index contributed by atoms with van der Waals surface area (Å²) in [4.78, 5) is 39.8. The molecular formula is C9H15O8P. The Hall–Kier alpha value is -0.950. The zero-order valence-electron chi connectivity index (χ0n) is 9.43. The van der Waals surface area contributed by atoms with Gasteiger partial charge in [-0.1, -0.05) is 0 Å². The van der Waals surface area contributed by atoms with Crippen LogP contribution >= 0.6 is 7.60 Å². The van der Waals surface area contributed by atoms with Crippen LogP contribution in [0, 0.1) is 5.92 Å². The highest BCUT2D eigenvalue weighted by Crippen LogP contribution is 2.46. The van der Waals surface area contributed by atoms with Crippen molar-refractivity contribution in [2.45, 2.75) is 31.0 Å². The van der Waals surface area contributed by atoms with E-state index in [1.165, 1.54) is 0 Å². The highest BCUT2D eigenvalue weighted by molar-refractivity contribution is 7.53. The summed E-state index contributed by atoms with van der Waals surface area (Å²) in [6, 6.07) is 0. The lowest BCUT2D eigenvalue weighted by Gasteiger charge is -2.23. The number of hydrogen-bond donors (Lipinski definition) is 4. The summed E-state index contributed by atoms with van der Waals surface area (Å²) in [7, 11) is -5.03. The van der Waals surface area contributed by atoms with E-state index in [-0.39, 0.29) is 6.42 Å². The maximum absolute atomic E-state index is 11.1. The second kappa shape index (κ2) is 5.79. The first-order valence-corrected chi connectivity index (χ1v) is 7.04. The van der Waals surface area contributed by atoms with E-state index < -0.39 is 37.2 Å². The van der Waals surface area contributed by atoms with Crippen LogP contribution in [0.1, 0.15) is 19.3 Å². The number of carbonyl (C=O) groups is 2. The van der Waals surface area contributed by atoms with Crippen LogP contribution in [0.2, 0.25) is 0 Å². The quantitative estimate of drug-likeness (QED) is 0.494. The van der Waals surface area contributed by atoms with Gasteiger partial charge in [0.15, 0.2) is 5.66 Å². The Morgan fingerprint density at radius 1 is 1.28 bits per heavy atom. The van der Waals surface area contributed by atoms with Gasteiger partial charge in [0.2, 0.25) is 0 Å². The molecule has 104 valence electrons. The first-order chi connectivity index (χ1) is 8.23. The molecule has 0 bridgehead atoms. The monoisotopic (exact) mass is 282 g/mol. The van der Waals surface area contributed by atoms with Crippen LogP contribution in [0.4, 0.5) is 0 Å². The van der Waals surface area contributed by atoms with Crippen molar-refractivity contribution in [3.63, 3.8) is 0 Å². The Kier molecular flexibility index (Phi) is 4.86. The van der Waals surface area contributed by atoms with Crippen molar-refractivity contribution in [2.75, 3.05) is 6.61 Å². The van der Waals surface area contributed by atoms with Crippen LogP contribution in [0.3, 0.4) is 0 Å². The average molecular weight is 282 g/mol. The highest BCUT2D eigenvalue weighted by atomic mass is 31.2. The van der Waals surface area contributed by atoms with Gasteiger partial charge in [-0.25, -0.2) is 0 Å². The molecule has 18 heavy (non-hydrogen) atoms. The van der Waals surface area contributed by atoms with Crippen molar-refractivity contribution in [1.82, 2.24) is 0 Å². The smallest absolute Gasteiger partial charge is 0.340 e. The summed E-state index contributed by atoms with van der Waals surface area (Å²) in [5.74, 6) is -5.01. The Labute approximate surface area is 103 Å². The number of aliphatic carboxylic acids is 2. The normalized spacial score (nSPS) is 23.6. The predicted octanol–water partition coefficient (Wildman–Crippen LogP) is -0.113. The van der Waals surface area contributed by atoms with E-state index in [0.717, 1.165) is 6.42 Å². The van der Waals surface area contributed by atoms with E-state index in [9.17, 15) is 14.2 Å². The third-order valence-corrected chi connectivity index (χ3v) is 4.16. The fraction of sp³-hybridized carbons (Fsp3) is 0.778. The number of hydrogen-bond acceptors (Lipinski definition) is 4. The fourth-order valence-electron chi connectivity index (χ4n) is 2.03. The van der Waals surface area contributed by atoms with Crippen molar-refractivity contribution in [2.24, 2.45) is 5.92 Å². The van der Waals surface area contributed by atoms with Gasteiger partial charge in [0, 0.05) is 6.61 Å². The molecule has 8 nitrogen and oxygen atoms in total. The molecule has 9 heteroatoms. The second-order valence-corrected chi connectivity index (χ2v) is 5.92. The van der Waals surface area contributed by atoms with Crippen molar-refractivity contribution in [3.05, 3.63) is 0 Å². The van der Waals surface area contributed by atoms with Gasteiger partial charge < -0.3 is 24.7 Å². The van der Waals surface area contributed by atoms with Crippen LogP contribution in [-0.2, 0) is 18.9 Å². The van der Waals surface area contributed by atoms with E-state index in [1.807, 2.05) is 0 Å². The van der Waals surface area contributed by atoms with Crippen LogP contribution in [-0.4, -0.2) is 50.3 Å². The predicted molar refractivity (Wildman–Crippen MR) is 58.2 cm³/mol. The van der Waals surface area contributed by atoms with Crippen LogP contribution in [0.25, 0.3) is 0 Å². The number of carboxylic acid groups (broad SMARTS) is 2. The van der Waals surface area contributed by atoms with Gasteiger partial charge in [-0.05, 0) is 19.3 Å². The van der Waals surface area contributed by atoms with Gasteiger partial charge in [-0.2, -0.15) is 0 Å². The second-order valence-electron chi connectivity index (χ2n) is 4.19. The SMILES string of the molecule is O=C(O)C(CC1CCCO1)C(C(=O)O)P(=O)(O)O. The minimum Gasteiger partial charge on any atom is -0.481 e. The van der Waals surface area contributed by atoms with E-state index in [0.29, 0.717) is 13.0 Å². The molecule has 0 spiro atoms. The molecule has 0 aromatic heterocycles. The molecule has 0 aromatic carbocycles. The molecular weight excluding hydrogens is 267 g/mol. The largest absolute Gasteiger partial charge is 0.481 e. The van der Waals surface area contributed by atoms with Gasteiger partial charge in [0.1, 0.15) is 0 Å². The number of ether oxygens (including phenoxy) is 1. The fourth-order valence-corrected chi connectivity index (χ4v) is 3.03. The molecule has 3 unspecified atom stereocenters. The zero-order valence-corrected chi connectivity index (χ0v) is 10.3. The Balaban J connectivity index is 2.90. The maximum atomic E-state index is 11.1. The molecule has 0 amide bonds. The van der Waals surface area contributed by atoms with Crippen LogP contribution in [0.15, 0.2) is 0 Å². The Bertz CT molecular complexity index is 369. The molecule has 0 aromatic rings. The van der Waals surface area contributed by atoms with Gasteiger partial charge >= 0.3 is 19.5 Å². The summed E-state index contributed by atoms with van der Waals surface area (Å²) < 4.78 is 16.3. The van der Waals surface area contributed by atoms with Crippen LogP contribution in [0.5, 0.6) is 0 Å². The first-order valence-electron chi connectivity index (χ1n) is 5.36.